The minimum Gasteiger partial charge on any atom is -0.448 e. The summed E-state index contributed by atoms with van der Waals surface area (Å²) in [6.45, 7) is 0.825. The van der Waals surface area contributed by atoms with Crippen LogP contribution >= 0.6 is 0 Å². The summed E-state index contributed by atoms with van der Waals surface area (Å²) in [7, 11) is 0. The molecule has 0 spiro atoms. The molecule has 0 radical (unpaired) electrons. The second-order valence-electron chi connectivity index (χ2n) is 3.12. The number of aromatic nitrogens is 1. The predicted molar refractivity (Wildman–Crippen MR) is 44.6 cm³/mol. The second kappa shape index (κ2) is 3.70. The zero-order valence-electron chi connectivity index (χ0n) is 7.23. The van der Waals surface area contributed by atoms with Gasteiger partial charge in [-0.15, -0.1) is 0 Å². The third kappa shape index (κ3) is 1.95. The standard InChI is InChI=1S/C9H11NO3/c11-5-7-6-13-9(10-7)4-8-2-1-3-12-8/h5-6,8H,1-4H2. The smallest absolute Gasteiger partial charge is 0.197 e. The van der Waals surface area contributed by atoms with E-state index in [1.165, 1.54) is 6.26 Å². The molecule has 1 saturated heterocycles. The summed E-state index contributed by atoms with van der Waals surface area (Å²) >= 11 is 0. The first-order valence-electron chi connectivity index (χ1n) is 4.39. The van der Waals surface area contributed by atoms with E-state index < -0.39 is 0 Å². The minimum absolute atomic E-state index is 0.221. The molecule has 2 rings (SSSR count). The van der Waals surface area contributed by atoms with E-state index in [1.807, 2.05) is 0 Å². The fraction of sp³-hybridized carbons (Fsp3) is 0.556. The predicted octanol–water partition coefficient (Wildman–Crippen LogP) is 1.21. The highest BCUT2D eigenvalue weighted by Gasteiger charge is 2.18. The minimum atomic E-state index is 0.221. The second-order valence-corrected chi connectivity index (χ2v) is 3.12. The molecule has 1 aromatic rings. The fourth-order valence-electron chi connectivity index (χ4n) is 1.47. The molecule has 13 heavy (non-hydrogen) atoms. The van der Waals surface area contributed by atoms with E-state index in [0.29, 0.717) is 24.3 Å². The monoisotopic (exact) mass is 181 g/mol. The Labute approximate surface area is 75.9 Å². The van der Waals surface area contributed by atoms with Crippen LogP contribution in [-0.4, -0.2) is 24.0 Å². The number of nitrogens with zero attached hydrogens (tertiary/aromatic N) is 1. The quantitative estimate of drug-likeness (QED) is 0.657. The molecule has 0 amide bonds. The van der Waals surface area contributed by atoms with Crippen molar-refractivity contribution >= 4 is 6.29 Å². The van der Waals surface area contributed by atoms with Crippen LogP contribution in [0.2, 0.25) is 0 Å². The van der Waals surface area contributed by atoms with Crippen LogP contribution < -0.4 is 0 Å². The van der Waals surface area contributed by atoms with Crippen molar-refractivity contribution in [2.75, 3.05) is 6.61 Å². The van der Waals surface area contributed by atoms with Gasteiger partial charge >= 0.3 is 0 Å². The summed E-state index contributed by atoms with van der Waals surface area (Å²) in [4.78, 5) is 14.3. The number of hydrogen-bond donors (Lipinski definition) is 0. The Balaban J connectivity index is 1.96. The third-order valence-corrected chi connectivity index (χ3v) is 2.12. The van der Waals surface area contributed by atoms with Gasteiger partial charge in [-0.1, -0.05) is 0 Å². The van der Waals surface area contributed by atoms with Gasteiger partial charge in [0.2, 0.25) is 0 Å². The fourth-order valence-corrected chi connectivity index (χ4v) is 1.47. The van der Waals surface area contributed by atoms with Gasteiger partial charge in [-0.3, -0.25) is 4.79 Å². The molecule has 1 fully saturated rings. The Hall–Kier alpha value is -1.16. The van der Waals surface area contributed by atoms with Gasteiger partial charge in [0.25, 0.3) is 0 Å². The molecular weight excluding hydrogens is 170 g/mol. The maximum absolute atomic E-state index is 10.3. The highest BCUT2D eigenvalue weighted by Crippen LogP contribution is 2.16. The van der Waals surface area contributed by atoms with Crippen molar-refractivity contribution in [2.24, 2.45) is 0 Å². The lowest BCUT2D eigenvalue weighted by atomic mass is 10.2. The van der Waals surface area contributed by atoms with E-state index in [2.05, 4.69) is 4.98 Å². The van der Waals surface area contributed by atoms with Gasteiger partial charge < -0.3 is 9.15 Å². The Bertz CT molecular complexity index is 289. The van der Waals surface area contributed by atoms with Crippen LogP contribution in [-0.2, 0) is 11.2 Å². The van der Waals surface area contributed by atoms with Crippen molar-refractivity contribution in [3.63, 3.8) is 0 Å². The molecule has 1 aliphatic heterocycles. The molecule has 0 saturated carbocycles. The van der Waals surface area contributed by atoms with Crippen LogP contribution in [0.5, 0.6) is 0 Å². The Kier molecular flexibility index (Phi) is 2.40. The summed E-state index contributed by atoms with van der Waals surface area (Å²) in [5.41, 5.74) is 0.355. The number of aldehydes is 1. The van der Waals surface area contributed by atoms with Crippen LogP contribution in [0.3, 0.4) is 0 Å². The average Bonchev–Trinajstić information content (AvgIpc) is 2.76. The first-order valence-corrected chi connectivity index (χ1v) is 4.39. The van der Waals surface area contributed by atoms with Gasteiger partial charge in [0.05, 0.1) is 12.5 Å². The highest BCUT2D eigenvalue weighted by atomic mass is 16.5. The molecule has 1 aromatic heterocycles. The van der Waals surface area contributed by atoms with Gasteiger partial charge in [0.15, 0.2) is 12.2 Å². The number of rotatable bonds is 3. The van der Waals surface area contributed by atoms with Crippen LogP contribution in [0.25, 0.3) is 0 Å². The molecular formula is C9H11NO3. The number of carbonyl (C=O) groups excluding carboxylic acids is 1. The summed E-state index contributed by atoms with van der Waals surface area (Å²) in [6, 6.07) is 0. The summed E-state index contributed by atoms with van der Waals surface area (Å²) in [6.07, 6.45) is 5.11. The Morgan fingerprint density at radius 1 is 1.69 bits per heavy atom. The maximum atomic E-state index is 10.3. The molecule has 4 nitrogen and oxygen atoms in total. The highest BCUT2D eigenvalue weighted by molar-refractivity contribution is 5.70. The van der Waals surface area contributed by atoms with Crippen molar-refractivity contribution in [1.82, 2.24) is 4.98 Å². The molecule has 1 aliphatic rings. The molecule has 4 heteroatoms. The molecule has 0 aliphatic carbocycles. The lowest BCUT2D eigenvalue weighted by Gasteiger charge is -2.04. The average molecular weight is 181 g/mol. The molecule has 0 bridgehead atoms. The van der Waals surface area contributed by atoms with Gasteiger partial charge in [-0.2, -0.15) is 0 Å². The Morgan fingerprint density at radius 3 is 3.23 bits per heavy atom. The normalized spacial score (nSPS) is 22.0. The topological polar surface area (TPSA) is 52.3 Å². The molecule has 2 heterocycles. The largest absolute Gasteiger partial charge is 0.448 e. The van der Waals surface area contributed by atoms with Gasteiger partial charge in [0.1, 0.15) is 12.0 Å². The van der Waals surface area contributed by atoms with Crippen molar-refractivity contribution in [3.8, 4) is 0 Å². The molecule has 0 N–H and O–H groups in total. The van der Waals surface area contributed by atoms with Gasteiger partial charge in [-0.25, -0.2) is 4.98 Å². The number of carbonyl (C=O) groups is 1. The lowest BCUT2D eigenvalue weighted by molar-refractivity contribution is 0.105. The van der Waals surface area contributed by atoms with E-state index in [-0.39, 0.29) is 6.10 Å². The summed E-state index contributed by atoms with van der Waals surface area (Å²) in [5.74, 6) is 0.592. The van der Waals surface area contributed by atoms with E-state index in [0.717, 1.165) is 19.4 Å². The zero-order valence-corrected chi connectivity index (χ0v) is 7.23. The van der Waals surface area contributed by atoms with Crippen molar-refractivity contribution < 1.29 is 13.9 Å². The van der Waals surface area contributed by atoms with Crippen LogP contribution in [0.4, 0.5) is 0 Å². The van der Waals surface area contributed by atoms with E-state index >= 15 is 0 Å². The SMILES string of the molecule is O=Cc1coc(CC2CCCO2)n1. The molecule has 1 unspecified atom stereocenters. The first kappa shape index (κ1) is 8.44. The number of hydrogen-bond acceptors (Lipinski definition) is 4. The third-order valence-electron chi connectivity index (χ3n) is 2.12. The van der Waals surface area contributed by atoms with Crippen molar-refractivity contribution in [2.45, 2.75) is 25.4 Å². The van der Waals surface area contributed by atoms with Crippen LogP contribution in [0, 0.1) is 0 Å². The van der Waals surface area contributed by atoms with E-state index in [1.54, 1.807) is 0 Å². The summed E-state index contributed by atoms with van der Waals surface area (Å²) in [5, 5.41) is 0. The molecule has 70 valence electrons. The lowest BCUT2D eigenvalue weighted by Crippen LogP contribution is -2.08. The zero-order chi connectivity index (χ0) is 9.10. The van der Waals surface area contributed by atoms with E-state index in [9.17, 15) is 4.79 Å². The van der Waals surface area contributed by atoms with Crippen LogP contribution in [0.1, 0.15) is 29.2 Å². The van der Waals surface area contributed by atoms with Crippen molar-refractivity contribution in [3.05, 3.63) is 17.8 Å². The van der Waals surface area contributed by atoms with Crippen LogP contribution in [0.15, 0.2) is 10.7 Å². The first-order chi connectivity index (χ1) is 6.38. The molecule has 0 aromatic carbocycles. The Morgan fingerprint density at radius 2 is 2.62 bits per heavy atom. The maximum Gasteiger partial charge on any atom is 0.197 e. The van der Waals surface area contributed by atoms with Crippen molar-refractivity contribution in [1.29, 1.82) is 0 Å². The van der Waals surface area contributed by atoms with Gasteiger partial charge in [0, 0.05) is 6.61 Å². The van der Waals surface area contributed by atoms with Gasteiger partial charge in [-0.05, 0) is 12.8 Å². The summed E-state index contributed by atoms with van der Waals surface area (Å²) < 4.78 is 10.5. The number of oxazole rings is 1. The van der Waals surface area contributed by atoms with E-state index in [4.69, 9.17) is 9.15 Å². The molecule has 1 atom stereocenters. The number of ether oxygens (including phenoxy) is 1.